The molecule has 2 aromatic rings. The summed E-state index contributed by atoms with van der Waals surface area (Å²) in [6.45, 7) is 3.92. The first-order chi connectivity index (χ1) is 11.1. The average Bonchev–Trinajstić information content (AvgIpc) is 2.78. The summed E-state index contributed by atoms with van der Waals surface area (Å²) in [7, 11) is 2.08. The Balaban J connectivity index is 2.13. The Kier molecular flexibility index (Phi) is 4.46. The number of hydrogen-bond acceptors (Lipinski definition) is 5. The number of carbonyl (C=O) groups is 1. The molecule has 0 radical (unpaired) electrons. The zero-order chi connectivity index (χ0) is 16.4. The molecule has 3 rings (SSSR count). The fourth-order valence-corrected chi connectivity index (χ4v) is 4.13. The third kappa shape index (κ3) is 3.00. The highest BCUT2D eigenvalue weighted by Crippen LogP contribution is 2.38. The lowest BCUT2D eigenvalue weighted by molar-refractivity contribution is -0.137. The number of ether oxygens (including phenoxy) is 1. The van der Waals surface area contributed by atoms with E-state index in [-0.39, 0.29) is 5.97 Å². The van der Waals surface area contributed by atoms with E-state index in [1.54, 1.807) is 18.3 Å². The zero-order valence-corrected chi connectivity index (χ0v) is 14.1. The van der Waals surface area contributed by atoms with Crippen LogP contribution in [-0.2, 0) is 22.5 Å². The van der Waals surface area contributed by atoms with Crippen LogP contribution in [-0.4, -0.2) is 31.1 Å². The van der Waals surface area contributed by atoms with Crippen molar-refractivity contribution in [1.82, 2.24) is 4.90 Å². The van der Waals surface area contributed by atoms with Crippen LogP contribution in [0, 0.1) is 11.3 Å². The first kappa shape index (κ1) is 15.7. The van der Waals surface area contributed by atoms with Crippen molar-refractivity contribution in [2.75, 3.05) is 20.2 Å². The lowest BCUT2D eigenvalue weighted by atomic mass is 9.98. The van der Waals surface area contributed by atoms with Gasteiger partial charge in [0.2, 0.25) is 0 Å². The topological polar surface area (TPSA) is 53.3 Å². The molecule has 4 nitrogen and oxygen atoms in total. The van der Waals surface area contributed by atoms with Gasteiger partial charge in [0.05, 0.1) is 18.2 Å². The second kappa shape index (κ2) is 6.53. The minimum Gasteiger partial charge on any atom is -0.463 e. The maximum atomic E-state index is 11.6. The van der Waals surface area contributed by atoms with E-state index in [1.165, 1.54) is 21.7 Å². The van der Waals surface area contributed by atoms with Crippen LogP contribution in [0.5, 0.6) is 0 Å². The molecule has 0 unspecified atom stereocenters. The van der Waals surface area contributed by atoms with Crippen LogP contribution in [0.1, 0.15) is 28.5 Å². The fourth-order valence-electron chi connectivity index (χ4n) is 2.99. The van der Waals surface area contributed by atoms with E-state index < -0.39 is 0 Å². The molecule has 0 spiro atoms. The van der Waals surface area contributed by atoms with Gasteiger partial charge in [-0.05, 0) is 49.7 Å². The molecule has 0 atom stereocenters. The number of nitrogens with zero attached hydrogens (tertiary/aromatic N) is 2. The van der Waals surface area contributed by atoms with Gasteiger partial charge >= 0.3 is 5.97 Å². The van der Waals surface area contributed by atoms with Crippen LogP contribution in [0.15, 0.2) is 18.2 Å². The molecule has 5 heteroatoms. The van der Waals surface area contributed by atoms with E-state index in [4.69, 9.17) is 4.74 Å². The smallest absolute Gasteiger partial charge is 0.330 e. The second-order valence-corrected chi connectivity index (χ2v) is 6.68. The molecule has 0 fully saturated rings. The standard InChI is InChI=1S/C18H18N2O2S/c1-3-22-17(21)7-6-15-14-11-20(2)9-8-13-12(10-19)4-5-16(23-15)18(13)14/h4-7H,3,8-9,11H2,1-2H3. The summed E-state index contributed by atoms with van der Waals surface area (Å²) in [5, 5.41) is 10.6. The SMILES string of the molecule is CCOC(=O)C=Cc1sc2ccc(C#N)c3c2c1CN(C)CC3. The third-order valence-corrected chi connectivity index (χ3v) is 5.21. The van der Waals surface area contributed by atoms with Crippen LogP contribution in [0.25, 0.3) is 16.2 Å². The molecule has 0 bridgehead atoms. The Hall–Kier alpha value is -2.16. The van der Waals surface area contributed by atoms with Crippen molar-refractivity contribution in [3.63, 3.8) is 0 Å². The first-order valence-corrected chi connectivity index (χ1v) is 8.46. The molecule has 118 valence electrons. The summed E-state index contributed by atoms with van der Waals surface area (Å²) in [6, 6.07) is 6.23. The van der Waals surface area contributed by atoms with Gasteiger partial charge in [0.25, 0.3) is 0 Å². The lowest BCUT2D eigenvalue weighted by Gasteiger charge is -2.13. The number of thiophene rings is 1. The average molecular weight is 326 g/mol. The van der Waals surface area contributed by atoms with E-state index in [9.17, 15) is 10.1 Å². The molecule has 0 N–H and O–H groups in total. The molecule has 1 aromatic carbocycles. The van der Waals surface area contributed by atoms with Gasteiger partial charge in [-0.2, -0.15) is 5.26 Å². The summed E-state index contributed by atoms with van der Waals surface area (Å²) in [6.07, 6.45) is 4.20. The van der Waals surface area contributed by atoms with Crippen LogP contribution in [0.4, 0.5) is 0 Å². The van der Waals surface area contributed by atoms with Crippen molar-refractivity contribution < 1.29 is 9.53 Å². The molecule has 1 aliphatic heterocycles. The molecule has 0 saturated heterocycles. The normalized spacial score (nSPS) is 14.8. The molecule has 2 heterocycles. The van der Waals surface area contributed by atoms with Gasteiger partial charge in [-0.25, -0.2) is 4.79 Å². The minimum absolute atomic E-state index is 0.322. The van der Waals surface area contributed by atoms with E-state index in [0.29, 0.717) is 6.61 Å². The largest absolute Gasteiger partial charge is 0.463 e. The number of carbonyl (C=O) groups excluding carboxylic acids is 1. The van der Waals surface area contributed by atoms with Gasteiger partial charge < -0.3 is 9.64 Å². The first-order valence-electron chi connectivity index (χ1n) is 7.64. The number of esters is 1. The summed E-state index contributed by atoms with van der Waals surface area (Å²) in [4.78, 5) is 14.9. The number of benzene rings is 1. The van der Waals surface area contributed by atoms with Crippen molar-refractivity contribution in [3.8, 4) is 6.07 Å². The van der Waals surface area contributed by atoms with Crippen LogP contribution in [0.2, 0.25) is 0 Å². The van der Waals surface area contributed by atoms with Gasteiger partial charge in [-0.3, -0.25) is 0 Å². The Morgan fingerprint density at radius 3 is 3.04 bits per heavy atom. The predicted octanol–water partition coefficient (Wildman–Crippen LogP) is 3.34. The molecule has 0 saturated carbocycles. The highest BCUT2D eigenvalue weighted by Gasteiger charge is 2.21. The summed E-state index contributed by atoms with van der Waals surface area (Å²) < 4.78 is 6.13. The molecular weight excluding hydrogens is 308 g/mol. The summed E-state index contributed by atoms with van der Waals surface area (Å²) in [5.41, 5.74) is 3.10. The summed E-state index contributed by atoms with van der Waals surface area (Å²) >= 11 is 1.66. The third-order valence-electron chi connectivity index (χ3n) is 4.04. The number of likely N-dealkylation sites (N-methyl/N-ethyl adjacent to an activating group) is 1. The van der Waals surface area contributed by atoms with E-state index >= 15 is 0 Å². The van der Waals surface area contributed by atoms with Crippen molar-refractivity contribution in [2.24, 2.45) is 0 Å². The Bertz CT molecular complexity index is 830. The van der Waals surface area contributed by atoms with Crippen molar-refractivity contribution in [2.45, 2.75) is 19.9 Å². The van der Waals surface area contributed by atoms with Crippen molar-refractivity contribution in [1.29, 1.82) is 5.26 Å². The maximum absolute atomic E-state index is 11.6. The summed E-state index contributed by atoms with van der Waals surface area (Å²) in [5.74, 6) is -0.322. The van der Waals surface area contributed by atoms with E-state index in [1.807, 2.05) is 18.2 Å². The second-order valence-electron chi connectivity index (χ2n) is 5.59. The van der Waals surface area contributed by atoms with Gasteiger partial charge in [-0.1, -0.05) is 0 Å². The minimum atomic E-state index is -0.322. The molecule has 1 aromatic heterocycles. The lowest BCUT2D eigenvalue weighted by Crippen LogP contribution is -2.18. The number of rotatable bonds is 3. The molecule has 0 aliphatic carbocycles. The van der Waals surface area contributed by atoms with Gasteiger partial charge in [0.1, 0.15) is 0 Å². The quantitative estimate of drug-likeness (QED) is 0.641. The van der Waals surface area contributed by atoms with Gasteiger partial charge in [0.15, 0.2) is 0 Å². The van der Waals surface area contributed by atoms with Crippen LogP contribution < -0.4 is 0 Å². The molecule has 23 heavy (non-hydrogen) atoms. The number of hydrogen-bond donors (Lipinski definition) is 0. The Morgan fingerprint density at radius 1 is 1.48 bits per heavy atom. The van der Waals surface area contributed by atoms with Gasteiger partial charge in [0, 0.05) is 34.1 Å². The number of nitriles is 1. The monoisotopic (exact) mass is 326 g/mol. The molecule has 0 amide bonds. The highest BCUT2D eigenvalue weighted by molar-refractivity contribution is 7.20. The Morgan fingerprint density at radius 2 is 2.30 bits per heavy atom. The van der Waals surface area contributed by atoms with Crippen LogP contribution >= 0.6 is 11.3 Å². The Labute approximate surface area is 139 Å². The van der Waals surface area contributed by atoms with Gasteiger partial charge in [-0.15, -0.1) is 11.3 Å². The molecular formula is C18H18N2O2S. The highest BCUT2D eigenvalue weighted by atomic mass is 32.1. The zero-order valence-electron chi connectivity index (χ0n) is 13.3. The molecule has 1 aliphatic rings. The maximum Gasteiger partial charge on any atom is 0.330 e. The predicted molar refractivity (Wildman–Crippen MR) is 92.2 cm³/mol. The van der Waals surface area contributed by atoms with E-state index in [2.05, 4.69) is 18.0 Å². The fraction of sp³-hybridized carbons (Fsp3) is 0.333. The van der Waals surface area contributed by atoms with Crippen LogP contribution in [0.3, 0.4) is 0 Å². The van der Waals surface area contributed by atoms with Crippen molar-refractivity contribution in [3.05, 3.63) is 39.8 Å². The van der Waals surface area contributed by atoms with E-state index in [0.717, 1.165) is 35.5 Å². The van der Waals surface area contributed by atoms with Crippen molar-refractivity contribution >= 4 is 33.5 Å².